The van der Waals surface area contributed by atoms with Gasteiger partial charge in [-0.15, -0.1) is 0 Å². The maximum absolute atomic E-state index is 13.1. The van der Waals surface area contributed by atoms with Gasteiger partial charge < -0.3 is 30.0 Å². The van der Waals surface area contributed by atoms with Crippen LogP contribution >= 0.6 is 0 Å². The number of hydrogen-bond donors (Lipinski definition) is 3. The molecule has 212 valence electrons. The summed E-state index contributed by atoms with van der Waals surface area (Å²) >= 11 is 0. The van der Waals surface area contributed by atoms with Crippen molar-refractivity contribution in [3.05, 3.63) is 40.8 Å². The molecular formula is C27H42N4O7. The van der Waals surface area contributed by atoms with Gasteiger partial charge in [-0.05, 0) is 71.9 Å². The molecule has 0 unspecified atom stereocenters. The third kappa shape index (κ3) is 13.6. The molecule has 0 aromatic carbocycles. The Labute approximate surface area is 224 Å². The minimum Gasteiger partial charge on any atom is -0.460 e. The van der Waals surface area contributed by atoms with Crippen LogP contribution in [0.1, 0.15) is 67.7 Å². The van der Waals surface area contributed by atoms with Crippen molar-refractivity contribution in [1.29, 1.82) is 0 Å². The number of aromatic nitrogens is 1. The van der Waals surface area contributed by atoms with Crippen LogP contribution in [-0.4, -0.2) is 52.7 Å². The van der Waals surface area contributed by atoms with E-state index in [1.807, 2.05) is 13.8 Å². The topological polar surface area (TPSA) is 145 Å². The van der Waals surface area contributed by atoms with Gasteiger partial charge in [-0.25, -0.2) is 9.59 Å². The molecule has 0 aliphatic heterocycles. The van der Waals surface area contributed by atoms with E-state index < -0.39 is 35.2 Å². The van der Waals surface area contributed by atoms with Gasteiger partial charge in [-0.2, -0.15) is 0 Å². The summed E-state index contributed by atoms with van der Waals surface area (Å²) in [6.45, 7) is 12.9. The van der Waals surface area contributed by atoms with Crippen molar-refractivity contribution in [2.45, 2.75) is 92.0 Å². The van der Waals surface area contributed by atoms with E-state index in [0.717, 1.165) is 6.42 Å². The summed E-state index contributed by atoms with van der Waals surface area (Å²) in [5.74, 6) is -1.05. The molecule has 1 heterocycles. The summed E-state index contributed by atoms with van der Waals surface area (Å²) in [7, 11) is 0. The fourth-order valence-electron chi connectivity index (χ4n) is 3.12. The first kappa shape index (κ1) is 32.4. The molecular weight excluding hydrogens is 492 g/mol. The second-order valence-electron chi connectivity index (χ2n) is 10.5. The van der Waals surface area contributed by atoms with Crippen LogP contribution in [-0.2, 0) is 30.4 Å². The zero-order valence-corrected chi connectivity index (χ0v) is 23.5. The Morgan fingerprint density at radius 1 is 1.08 bits per heavy atom. The van der Waals surface area contributed by atoms with E-state index in [4.69, 9.17) is 9.47 Å². The van der Waals surface area contributed by atoms with Crippen LogP contribution in [0.5, 0.6) is 0 Å². The highest BCUT2D eigenvalue weighted by atomic mass is 16.6. The molecule has 0 spiro atoms. The largest absolute Gasteiger partial charge is 0.460 e. The van der Waals surface area contributed by atoms with E-state index in [-0.39, 0.29) is 37.1 Å². The van der Waals surface area contributed by atoms with Crippen LogP contribution in [0.15, 0.2) is 35.3 Å². The van der Waals surface area contributed by atoms with Crippen molar-refractivity contribution in [2.24, 2.45) is 5.92 Å². The SMILES string of the molecule is CC(C)CCNC(=O)Cn1cccc(NC(=O)[C@H](CCC=CC(=O)OC(C)C)NC(=O)OC(C)(C)C)c1=O. The summed E-state index contributed by atoms with van der Waals surface area (Å²) in [5.41, 5.74) is -1.39. The number of carbonyl (C=O) groups excluding carboxylic acids is 4. The van der Waals surface area contributed by atoms with Crippen LogP contribution in [0.25, 0.3) is 0 Å². The van der Waals surface area contributed by atoms with Gasteiger partial charge >= 0.3 is 12.1 Å². The maximum atomic E-state index is 13.1. The van der Waals surface area contributed by atoms with E-state index in [0.29, 0.717) is 12.5 Å². The number of pyridine rings is 1. The minimum absolute atomic E-state index is 0.0421. The number of rotatable bonds is 13. The standard InChI is InChI=1S/C27H42N4O7/c1-18(2)14-15-28-22(32)17-31-16-10-12-21(25(31)35)29-24(34)20(30-26(36)38-27(5,6)7)11-8-9-13-23(33)37-19(3)4/h9-10,12-13,16,18-20H,8,11,14-15,17H2,1-7H3,(H,28,32)(H,29,34)(H,30,36)/t20-/m0/s1. The average molecular weight is 535 g/mol. The number of esters is 1. The number of ether oxygens (including phenoxy) is 2. The molecule has 0 fully saturated rings. The molecule has 1 rings (SSSR count). The number of anilines is 1. The zero-order chi connectivity index (χ0) is 28.9. The lowest BCUT2D eigenvalue weighted by Gasteiger charge is -2.23. The lowest BCUT2D eigenvalue weighted by Crippen LogP contribution is -2.46. The molecule has 0 saturated heterocycles. The fraction of sp³-hybridized carbons (Fsp3) is 0.593. The fourth-order valence-corrected chi connectivity index (χ4v) is 3.12. The van der Waals surface area contributed by atoms with Crippen molar-refractivity contribution >= 4 is 29.6 Å². The highest BCUT2D eigenvalue weighted by Gasteiger charge is 2.25. The Balaban J connectivity index is 2.94. The third-order valence-corrected chi connectivity index (χ3v) is 4.87. The highest BCUT2D eigenvalue weighted by molar-refractivity contribution is 5.96. The number of hydrogen-bond acceptors (Lipinski definition) is 7. The van der Waals surface area contributed by atoms with Crippen LogP contribution < -0.4 is 21.5 Å². The Kier molecular flexibility index (Phi) is 13.3. The predicted octanol–water partition coefficient (Wildman–Crippen LogP) is 3.13. The molecule has 1 atom stereocenters. The van der Waals surface area contributed by atoms with Gasteiger partial charge in [0.2, 0.25) is 11.8 Å². The average Bonchev–Trinajstić information content (AvgIpc) is 2.76. The molecule has 11 heteroatoms. The molecule has 0 bridgehead atoms. The van der Waals surface area contributed by atoms with Gasteiger partial charge in [-0.1, -0.05) is 19.9 Å². The van der Waals surface area contributed by atoms with Gasteiger partial charge in [-0.3, -0.25) is 14.4 Å². The van der Waals surface area contributed by atoms with E-state index in [1.165, 1.54) is 35.0 Å². The second-order valence-corrected chi connectivity index (χ2v) is 10.5. The molecule has 3 amide bonds. The quantitative estimate of drug-likeness (QED) is 0.260. The molecule has 11 nitrogen and oxygen atoms in total. The highest BCUT2D eigenvalue weighted by Crippen LogP contribution is 2.10. The summed E-state index contributed by atoms with van der Waals surface area (Å²) in [5, 5.41) is 7.82. The normalized spacial score (nSPS) is 12.3. The summed E-state index contributed by atoms with van der Waals surface area (Å²) in [6, 6.07) is 1.89. The predicted molar refractivity (Wildman–Crippen MR) is 145 cm³/mol. The van der Waals surface area contributed by atoms with Gasteiger partial charge in [0.15, 0.2) is 0 Å². The Morgan fingerprint density at radius 2 is 1.76 bits per heavy atom. The number of amides is 3. The molecule has 1 aromatic rings. The van der Waals surface area contributed by atoms with Gasteiger partial charge in [0, 0.05) is 18.8 Å². The molecule has 38 heavy (non-hydrogen) atoms. The second kappa shape index (κ2) is 15.6. The van der Waals surface area contributed by atoms with Crippen LogP contribution in [0, 0.1) is 5.92 Å². The summed E-state index contributed by atoms with van der Waals surface area (Å²) in [4.78, 5) is 62.2. The van der Waals surface area contributed by atoms with Crippen molar-refractivity contribution < 1.29 is 28.7 Å². The van der Waals surface area contributed by atoms with Crippen molar-refractivity contribution in [1.82, 2.24) is 15.2 Å². The zero-order valence-electron chi connectivity index (χ0n) is 23.5. The van der Waals surface area contributed by atoms with Crippen molar-refractivity contribution in [3.63, 3.8) is 0 Å². The number of alkyl carbamates (subject to hydrolysis) is 1. The molecule has 0 saturated carbocycles. The Morgan fingerprint density at radius 3 is 2.37 bits per heavy atom. The molecule has 0 aliphatic carbocycles. The van der Waals surface area contributed by atoms with E-state index in [2.05, 4.69) is 16.0 Å². The van der Waals surface area contributed by atoms with Crippen LogP contribution in [0.2, 0.25) is 0 Å². The van der Waals surface area contributed by atoms with Crippen LogP contribution in [0.4, 0.5) is 10.5 Å². The number of nitrogens with one attached hydrogen (secondary N) is 3. The summed E-state index contributed by atoms with van der Waals surface area (Å²) in [6.07, 6.45) is 4.38. The summed E-state index contributed by atoms with van der Waals surface area (Å²) < 4.78 is 11.5. The first-order valence-electron chi connectivity index (χ1n) is 12.8. The smallest absolute Gasteiger partial charge is 0.408 e. The van der Waals surface area contributed by atoms with Gasteiger partial charge in [0.05, 0.1) is 6.10 Å². The van der Waals surface area contributed by atoms with E-state index in [1.54, 1.807) is 34.6 Å². The van der Waals surface area contributed by atoms with E-state index in [9.17, 15) is 24.0 Å². The van der Waals surface area contributed by atoms with Crippen molar-refractivity contribution in [2.75, 3.05) is 11.9 Å². The first-order chi connectivity index (χ1) is 17.7. The molecule has 1 aromatic heterocycles. The third-order valence-electron chi connectivity index (χ3n) is 4.87. The molecule has 0 radical (unpaired) electrons. The van der Waals surface area contributed by atoms with E-state index >= 15 is 0 Å². The van der Waals surface area contributed by atoms with Gasteiger partial charge in [0.25, 0.3) is 5.56 Å². The maximum Gasteiger partial charge on any atom is 0.408 e. The lowest BCUT2D eigenvalue weighted by atomic mass is 10.1. The van der Waals surface area contributed by atoms with Crippen LogP contribution in [0.3, 0.4) is 0 Å². The van der Waals surface area contributed by atoms with Crippen molar-refractivity contribution in [3.8, 4) is 0 Å². The number of nitrogens with zero attached hydrogens (tertiary/aromatic N) is 1. The monoisotopic (exact) mass is 534 g/mol. The Hall–Kier alpha value is -3.63. The number of allylic oxidation sites excluding steroid dienone is 1. The number of carbonyl (C=O) groups is 4. The van der Waals surface area contributed by atoms with Gasteiger partial charge in [0.1, 0.15) is 23.9 Å². The Bertz CT molecular complexity index is 1040. The minimum atomic E-state index is -1.07. The lowest BCUT2D eigenvalue weighted by molar-refractivity contribution is -0.141. The molecule has 3 N–H and O–H groups in total. The molecule has 0 aliphatic rings. The first-order valence-corrected chi connectivity index (χ1v) is 12.8.